The van der Waals surface area contributed by atoms with Gasteiger partial charge in [-0.1, -0.05) is 152 Å². The van der Waals surface area contributed by atoms with E-state index in [1.165, 1.54) is 75.4 Å². The van der Waals surface area contributed by atoms with Crippen molar-refractivity contribution in [2.75, 3.05) is 4.90 Å². The van der Waals surface area contributed by atoms with Crippen LogP contribution in [0.25, 0.3) is 81.0 Å². The first-order chi connectivity index (χ1) is 28.2. The molecular formula is C54H36N2S. The summed E-state index contributed by atoms with van der Waals surface area (Å²) < 4.78 is 4.97. The van der Waals surface area contributed by atoms with Gasteiger partial charge in [-0.3, -0.25) is 0 Å². The summed E-state index contributed by atoms with van der Waals surface area (Å²) in [7, 11) is 0. The third kappa shape index (κ3) is 5.88. The molecule has 0 N–H and O–H groups in total. The molecule has 0 amide bonds. The highest BCUT2D eigenvalue weighted by Crippen LogP contribution is 2.42. The smallest absolute Gasteiger partial charge is 0.0541 e. The van der Waals surface area contributed by atoms with Crippen molar-refractivity contribution in [2.45, 2.75) is 0 Å². The van der Waals surface area contributed by atoms with Crippen molar-refractivity contribution in [3.8, 4) is 39.1 Å². The zero-order valence-electron chi connectivity index (χ0n) is 31.1. The van der Waals surface area contributed by atoms with Crippen molar-refractivity contribution in [3.05, 3.63) is 218 Å². The Morgan fingerprint density at radius 1 is 0.298 bits per heavy atom. The lowest BCUT2D eigenvalue weighted by molar-refractivity contribution is 1.18. The van der Waals surface area contributed by atoms with Gasteiger partial charge in [0, 0.05) is 53.7 Å². The van der Waals surface area contributed by atoms with E-state index in [2.05, 4.69) is 228 Å². The summed E-state index contributed by atoms with van der Waals surface area (Å²) in [6.07, 6.45) is 0. The second-order valence-corrected chi connectivity index (χ2v) is 15.7. The molecule has 0 unspecified atom stereocenters. The number of thiophene rings is 1. The molecule has 11 aromatic rings. The van der Waals surface area contributed by atoms with Crippen molar-refractivity contribution >= 4 is 70.4 Å². The Bertz CT molecular complexity index is 3140. The van der Waals surface area contributed by atoms with Crippen LogP contribution in [-0.2, 0) is 0 Å². The van der Waals surface area contributed by atoms with Crippen LogP contribution >= 0.6 is 11.3 Å². The van der Waals surface area contributed by atoms with Crippen molar-refractivity contribution < 1.29 is 0 Å². The minimum absolute atomic E-state index is 1.11. The van der Waals surface area contributed by atoms with Crippen LogP contribution in [0, 0.1) is 0 Å². The molecule has 0 fully saturated rings. The second kappa shape index (κ2) is 13.8. The number of fused-ring (bicyclic) bond motifs is 6. The maximum Gasteiger partial charge on any atom is 0.0541 e. The Labute approximate surface area is 335 Å². The molecule has 0 aliphatic heterocycles. The molecular weight excluding hydrogens is 709 g/mol. The van der Waals surface area contributed by atoms with Gasteiger partial charge in [0.25, 0.3) is 0 Å². The van der Waals surface area contributed by atoms with Gasteiger partial charge in [-0.15, -0.1) is 11.3 Å². The molecule has 2 heterocycles. The first-order valence-corrected chi connectivity index (χ1v) is 20.2. The third-order valence-corrected chi connectivity index (χ3v) is 12.4. The first kappa shape index (κ1) is 33.2. The lowest BCUT2D eigenvalue weighted by Gasteiger charge is -2.26. The van der Waals surface area contributed by atoms with Gasteiger partial charge in [-0.2, -0.15) is 0 Å². The molecule has 0 radical (unpaired) electrons. The van der Waals surface area contributed by atoms with Crippen molar-refractivity contribution in [1.82, 2.24) is 4.57 Å². The molecule has 11 rings (SSSR count). The van der Waals surface area contributed by atoms with E-state index in [0.29, 0.717) is 0 Å². The lowest BCUT2D eigenvalue weighted by Crippen LogP contribution is -2.09. The number of nitrogens with zero attached hydrogens (tertiary/aromatic N) is 2. The molecule has 0 saturated heterocycles. The molecule has 0 aliphatic rings. The number of aromatic nitrogens is 1. The van der Waals surface area contributed by atoms with Gasteiger partial charge in [0.1, 0.15) is 0 Å². The summed E-state index contributed by atoms with van der Waals surface area (Å²) in [5.41, 5.74) is 14.2. The minimum Gasteiger partial charge on any atom is -0.310 e. The van der Waals surface area contributed by atoms with E-state index < -0.39 is 0 Å². The zero-order chi connectivity index (χ0) is 37.7. The van der Waals surface area contributed by atoms with Gasteiger partial charge >= 0.3 is 0 Å². The molecule has 0 bridgehead atoms. The summed E-state index contributed by atoms with van der Waals surface area (Å²) in [5, 5.41) is 5.16. The van der Waals surface area contributed by atoms with Crippen LogP contribution in [0.2, 0.25) is 0 Å². The fourth-order valence-electron chi connectivity index (χ4n) is 8.40. The van der Waals surface area contributed by atoms with E-state index in [1.807, 2.05) is 11.3 Å². The average Bonchev–Trinajstić information content (AvgIpc) is 3.83. The molecule has 0 saturated carbocycles. The van der Waals surface area contributed by atoms with Crippen LogP contribution in [-0.4, -0.2) is 4.57 Å². The quantitative estimate of drug-likeness (QED) is 0.158. The first-order valence-electron chi connectivity index (χ1n) is 19.4. The molecule has 2 aromatic heterocycles. The number of hydrogen-bond donors (Lipinski definition) is 0. The highest BCUT2D eigenvalue weighted by molar-refractivity contribution is 7.25. The van der Waals surface area contributed by atoms with Crippen LogP contribution in [0.15, 0.2) is 218 Å². The predicted octanol–water partition coefficient (Wildman–Crippen LogP) is 15.6. The molecule has 0 spiro atoms. The fraction of sp³-hybridized carbons (Fsp3) is 0. The van der Waals surface area contributed by atoms with Crippen molar-refractivity contribution in [2.24, 2.45) is 0 Å². The lowest BCUT2D eigenvalue weighted by atomic mass is 10.00. The van der Waals surface area contributed by atoms with E-state index in [1.54, 1.807) is 0 Å². The molecule has 0 atom stereocenters. The van der Waals surface area contributed by atoms with Crippen LogP contribution < -0.4 is 4.90 Å². The van der Waals surface area contributed by atoms with E-state index in [0.717, 1.165) is 22.7 Å². The normalized spacial score (nSPS) is 11.5. The summed E-state index contributed by atoms with van der Waals surface area (Å²) in [6, 6.07) is 79.3. The SMILES string of the molecule is c1ccc(-c2ccc(-c3ccc(N(c4ccc(-c5ccc(-n6c7ccccc7c7ccccc76)cc5)cc4)c4ccc5c(c4)sc4ccccc45)cc3)cc2)cc1. The van der Waals surface area contributed by atoms with Crippen LogP contribution in [0.5, 0.6) is 0 Å². The van der Waals surface area contributed by atoms with E-state index in [9.17, 15) is 0 Å². The van der Waals surface area contributed by atoms with Gasteiger partial charge in [0.15, 0.2) is 0 Å². The van der Waals surface area contributed by atoms with Crippen LogP contribution in [0.4, 0.5) is 17.1 Å². The fourth-order valence-corrected chi connectivity index (χ4v) is 9.54. The predicted molar refractivity (Wildman–Crippen MR) is 245 cm³/mol. The second-order valence-electron chi connectivity index (χ2n) is 14.6. The Morgan fingerprint density at radius 2 is 0.702 bits per heavy atom. The monoisotopic (exact) mass is 744 g/mol. The third-order valence-electron chi connectivity index (χ3n) is 11.2. The topological polar surface area (TPSA) is 8.17 Å². The summed E-state index contributed by atoms with van der Waals surface area (Å²) >= 11 is 1.86. The highest BCUT2D eigenvalue weighted by Gasteiger charge is 2.16. The average molecular weight is 745 g/mol. The number of rotatable bonds is 7. The Hall–Kier alpha value is -7.20. The molecule has 268 valence electrons. The van der Waals surface area contributed by atoms with Crippen molar-refractivity contribution in [3.63, 3.8) is 0 Å². The van der Waals surface area contributed by atoms with Crippen LogP contribution in [0.3, 0.4) is 0 Å². The largest absolute Gasteiger partial charge is 0.310 e. The summed E-state index contributed by atoms with van der Waals surface area (Å²) in [5.74, 6) is 0. The van der Waals surface area contributed by atoms with E-state index in [4.69, 9.17) is 0 Å². The van der Waals surface area contributed by atoms with Gasteiger partial charge in [0.05, 0.1) is 11.0 Å². The molecule has 9 aromatic carbocycles. The summed E-state index contributed by atoms with van der Waals surface area (Å²) in [6.45, 7) is 0. The molecule has 57 heavy (non-hydrogen) atoms. The zero-order valence-corrected chi connectivity index (χ0v) is 31.9. The van der Waals surface area contributed by atoms with Gasteiger partial charge in [-0.25, -0.2) is 0 Å². The van der Waals surface area contributed by atoms with Crippen LogP contribution in [0.1, 0.15) is 0 Å². The van der Waals surface area contributed by atoms with E-state index in [-0.39, 0.29) is 0 Å². The molecule has 2 nitrogen and oxygen atoms in total. The van der Waals surface area contributed by atoms with Gasteiger partial charge in [0.2, 0.25) is 0 Å². The molecule has 0 aliphatic carbocycles. The van der Waals surface area contributed by atoms with E-state index >= 15 is 0 Å². The Morgan fingerprint density at radius 3 is 1.26 bits per heavy atom. The van der Waals surface area contributed by atoms with Gasteiger partial charge < -0.3 is 9.47 Å². The maximum atomic E-state index is 2.38. The van der Waals surface area contributed by atoms with Gasteiger partial charge in [-0.05, 0) is 100 Å². The Balaban J connectivity index is 0.941. The Kier molecular flexibility index (Phi) is 8.04. The number of anilines is 3. The minimum atomic E-state index is 1.11. The number of para-hydroxylation sites is 2. The maximum absolute atomic E-state index is 2.38. The standard InChI is InChI=1S/C54H36N2S/c1-2-10-37(11-3-1)38-18-20-39(21-19-38)40-22-28-43(29-23-40)55(46-34-35-50-49-14-6-9-17-53(49)57-54(50)36-46)44-30-24-41(25-31-44)42-26-32-45(33-27-42)56-51-15-7-4-12-47(51)48-13-5-8-16-52(48)56/h1-36H. The summed E-state index contributed by atoms with van der Waals surface area (Å²) in [4.78, 5) is 2.38. The number of benzene rings is 9. The molecule has 3 heteroatoms. The highest BCUT2D eigenvalue weighted by atomic mass is 32.1. The number of hydrogen-bond acceptors (Lipinski definition) is 2. The van der Waals surface area contributed by atoms with Crippen molar-refractivity contribution in [1.29, 1.82) is 0 Å².